The van der Waals surface area contributed by atoms with Crippen molar-refractivity contribution in [2.75, 3.05) is 18.0 Å². The van der Waals surface area contributed by atoms with Crippen LogP contribution in [0.3, 0.4) is 0 Å². The van der Waals surface area contributed by atoms with Crippen LogP contribution < -0.4 is 4.90 Å². The predicted molar refractivity (Wildman–Crippen MR) is 91.4 cm³/mol. The van der Waals surface area contributed by atoms with Crippen molar-refractivity contribution < 1.29 is 0 Å². The highest BCUT2D eigenvalue weighted by molar-refractivity contribution is 6.08. The molecule has 4 heteroatoms. The van der Waals surface area contributed by atoms with Gasteiger partial charge in [-0.15, -0.1) is 0 Å². The Morgan fingerprint density at radius 3 is 2.91 bits per heavy atom. The lowest BCUT2D eigenvalue weighted by atomic mass is 9.84. The van der Waals surface area contributed by atoms with Gasteiger partial charge in [-0.2, -0.15) is 0 Å². The van der Waals surface area contributed by atoms with Crippen molar-refractivity contribution in [2.24, 2.45) is 5.41 Å². The van der Waals surface area contributed by atoms with Gasteiger partial charge in [0.05, 0.1) is 0 Å². The summed E-state index contributed by atoms with van der Waals surface area (Å²) in [7, 11) is 0. The van der Waals surface area contributed by atoms with Gasteiger partial charge in [-0.1, -0.05) is 25.5 Å². The fraction of sp³-hybridized carbons (Fsp3) is 0.444. The summed E-state index contributed by atoms with van der Waals surface area (Å²) in [4.78, 5) is 15.1. The molecular formula is C18H22N4. The highest BCUT2D eigenvalue weighted by atomic mass is 15.2. The van der Waals surface area contributed by atoms with Crippen molar-refractivity contribution in [1.29, 1.82) is 0 Å². The number of hydrogen-bond donors (Lipinski definition) is 1. The highest BCUT2D eigenvalue weighted by Crippen LogP contribution is 2.35. The summed E-state index contributed by atoms with van der Waals surface area (Å²) in [5, 5.41) is 1.19. The number of rotatable bonds is 1. The van der Waals surface area contributed by atoms with Crippen molar-refractivity contribution in [3.63, 3.8) is 0 Å². The summed E-state index contributed by atoms with van der Waals surface area (Å²) < 4.78 is 0. The van der Waals surface area contributed by atoms with E-state index in [9.17, 15) is 0 Å². The summed E-state index contributed by atoms with van der Waals surface area (Å²) in [5.41, 5.74) is 4.84. The lowest BCUT2D eigenvalue weighted by Crippen LogP contribution is -2.40. The van der Waals surface area contributed by atoms with Crippen molar-refractivity contribution in [3.8, 4) is 0 Å². The fourth-order valence-electron chi connectivity index (χ4n) is 3.64. The second-order valence-electron chi connectivity index (χ2n) is 7.28. The molecule has 0 unspecified atom stereocenters. The molecule has 3 aromatic rings. The molecule has 1 fully saturated rings. The number of piperidine rings is 1. The number of H-pyrrole nitrogens is 1. The molecule has 0 saturated carbocycles. The summed E-state index contributed by atoms with van der Waals surface area (Å²) in [6.07, 6.45) is 4.20. The number of fused-ring (bicyclic) bond motifs is 3. The monoisotopic (exact) mass is 294 g/mol. The molecule has 0 aliphatic carbocycles. The Bertz CT molecular complexity index is 847. The van der Waals surface area contributed by atoms with Gasteiger partial charge >= 0.3 is 0 Å². The van der Waals surface area contributed by atoms with Crippen LogP contribution in [0.5, 0.6) is 0 Å². The Hall–Kier alpha value is -2.10. The van der Waals surface area contributed by atoms with E-state index in [1.807, 2.05) is 0 Å². The standard InChI is InChI=1S/C18H22N4/c1-12-5-6-14-13(9-12)15-16(21-14)17(20-11-19-15)22-8-4-7-18(2,3)10-22/h5-6,9,11,21H,4,7-8,10H2,1-3H3. The van der Waals surface area contributed by atoms with Crippen LogP contribution in [0.2, 0.25) is 0 Å². The third kappa shape index (κ3) is 2.14. The van der Waals surface area contributed by atoms with Crippen LogP contribution in [-0.2, 0) is 0 Å². The Morgan fingerprint density at radius 1 is 1.23 bits per heavy atom. The minimum atomic E-state index is 0.345. The molecule has 1 saturated heterocycles. The van der Waals surface area contributed by atoms with Crippen molar-refractivity contribution in [2.45, 2.75) is 33.6 Å². The van der Waals surface area contributed by atoms with Gasteiger partial charge in [0, 0.05) is 24.0 Å². The van der Waals surface area contributed by atoms with E-state index >= 15 is 0 Å². The summed E-state index contributed by atoms with van der Waals surface area (Å²) in [6, 6.07) is 6.47. The second-order valence-corrected chi connectivity index (χ2v) is 7.28. The number of aromatic amines is 1. The van der Waals surface area contributed by atoms with Gasteiger partial charge in [-0.25, -0.2) is 9.97 Å². The first-order valence-electron chi connectivity index (χ1n) is 8.01. The van der Waals surface area contributed by atoms with E-state index in [0.29, 0.717) is 5.41 Å². The Labute approximate surface area is 130 Å². The molecule has 1 aromatic carbocycles. The normalized spacial score (nSPS) is 18.2. The van der Waals surface area contributed by atoms with Crippen LogP contribution in [0.15, 0.2) is 24.5 Å². The number of nitrogens with zero attached hydrogens (tertiary/aromatic N) is 3. The fourth-order valence-corrected chi connectivity index (χ4v) is 3.64. The van der Waals surface area contributed by atoms with Crippen molar-refractivity contribution >= 4 is 27.8 Å². The first-order valence-corrected chi connectivity index (χ1v) is 8.01. The summed E-state index contributed by atoms with van der Waals surface area (Å²) in [5.74, 6) is 1.05. The number of aryl methyl sites for hydroxylation is 1. The molecule has 0 atom stereocenters. The molecule has 1 aliphatic rings. The smallest absolute Gasteiger partial charge is 0.156 e. The van der Waals surface area contributed by atoms with Crippen LogP contribution in [0.25, 0.3) is 21.9 Å². The molecule has 1 aliphatic heterocycles. The number of anilines is 1. The molecule has 1 N–H and O–H groups in total. The van der Waals surface area contributed by atoms with E-state index in [0.717, 1.165) is 35.5 Å². The minimum Gasteiger partial charge on any atom is -0.354 e. The number of nitrogens with one attached hydrogen (secondary N) is 1. The van der Waals surface area contributed by atoms with E-state index < -0.39 is 0 Å². The Balaban J connectivity index is 1.89. The molecule has 2 aromatic heterocycles. The zero-order chi connectivity index (χ0) is 15.3. The maximum atomic E-state index is 4.60. The van der Waals surface area contributed by atoms with Crippen LogP contribution in [0, 0.1) is 12.3 Å². The molecule has 22 heavy (non-hydrogen) atoms. The largest absolute Gasteiger partial charge is 0.354 e. The maximum Gasteiger partial charge on any atom is 0.156 e. The van der Waals surface area contributed by atoms with Crippen molar-refractivity contribution in [3.05, 3.63) is 30.1 Å². The molecule has 0 amide bonds. The molecule has 4 rings (SSSR count). The molecule has 4 nitrogen and oxygen atoms in total. The first-order chi connectivity index (χ1) is 10.5. The minimum absolute atomic E-state index is 0.345. The van der Waals surface area contributed by atoms with Gasteiger partial charge < -0.3 is 9.88 Å². The molecule has 114 valence electrons. The summed E-state index contributed by atoms with van der Waals surface area (Å²) >= 11 is 0. The number of aromatic nitrogens is 3. The Kier molecular flexibility index (Phi) is 2.90. The molecule has 0 spiro atoms. The van der Waals surface area contributed by atoms with E-state index in [2.05, 4.69) is 58.8 Å². The average Bonchev–Trinajstić information content (AvgIpc) is 2.84. The van der Waals surface area contributed by atoms with Gasteiger partial charge in [-0.3, -0.25) is 0 Å². The van der Waals surface area contributed by atoms with E-state index in [-0.39, 0.29) is 0 Å². The van der Waals surface area contributed by atoms with E-state index in [1.54, 1.807) is 6.33 Å². The quantitative estimate of drug-likeness (QED) is 0.736. The lowest BCUT2D eigenvalue weighted by molar-refractivity contribution is 0.292. The first kappa shape index (κ1) is 13.6. The van der Waals surface area contributed by atoms with Gasteiger partial charge in [-0.05, 0) is 37.3 Å². The molecule has 0 radical (unpaired) electrons. The van der Waals surface area contributed by atoms with Crippen LogP contribution in [0.4, 0.5) is 5.82 Å². The average molecular weight is 294 g/mol. The molecule has 0 bridgehead atoms. The SMILES string of the molecule is Cc1ccc2[nH]c3c(N4CCCC(C)(C)C4)ncnc3c2c1. The van der Waals surface area contributed by atoms with Gasteiger partial charge in [0.2, 0.25) is 0 Å². The van der Waals surface area contributed by atoms with Gasteiger partial charge in [0.25, 0.3) is 0 Å². The summed E-state index contributed by atoms with van der Waals surface area (Å²) in [6.45, 7) is 8.92. The second kappa shape index (κ2) is 4.70. The topological polar surface area (TPSA) is 44.8 Å². The third-order valence-corrected chi connectivity index (χ3v) is 4.72. The van der Waals surface area contributed by atoms with Gasteiger partial charge in [0.15, 0.2) is 5.82 Å². The maximum absolute atomic E-state index is 4.60. The predicted octanol–water partition coefficient (Wildman–Crippen LogP) is 4.05. The van der Waals surface area contributed by atoms with Gasteiger partial charge in [0.1, 0.15) is 17.4 Å². The Morgan fingerprint density at radius 2 is 2.09 bits per heavy atom. The van der Waals surface area contributed by atoms with E-state index in [4.69, 9.17) is 0 Å². The zero-order valence-corrected chi connectivity index (χ0v) is 13.5. The van der Waals surface area contributed by atoms with Crippen LogP contribution in [0.1, 0.15) is 32.3 Å². The van der Waals surface area contributed by atoms with Crippen LogP contribution in [-0.4, -0.2) is 28.0 Å². The third-order valence-electron chi connectivity index (χ3n) is 4.72. The molecule has 3 heterocycles. The lowest BCUT2D eigenvalue weighted by Gasteiger charge is -2.38. The number of hydrogen-bond acceptors (Lipinski definition) is 3. The highest BCUT2D eigenvalue weighted by Gasteiger charge is 2.28. The van der Waals surface area contributed by atoms with Crippen LogP contribution >= 0.6 is 0 Å². The van der Waals surface area contributed by atoms with Crippen molar-refractivity contribution in [1.82, 2.24) is 15.0 Å². The zero-order valence-electron chi connectivity index (χ0n) is 13.5. The molecular weight excluding hydrogens is 272 g/mol. The van der Waals surface area contributed by atoms with E-state index in [1.165, 1.54) is 23.8 Å². The number of benzene rings is 1.